The molecule has 0 spiro atoms. The molecule has 0 aliphatic rings. The summed E-state index contributed by atoms with van der Waals surface area (Å²) in [5, 5.41) is 3.34. The topological polar surface area (TPSA) is 107 Å². The van der Waals surface area contributed by atoms with Gasteiger partial charge in [-0.15, -0.1) is 0 Å². The number of aromatic nitrogens is 1. The lowest BCUT2D eigenvalue weighted by Crippen LogP contribution is -2.44. The minimum atomic E-state index is -1.10. The van der Waals surface area contributed by atoms with Gasteiger partial charge in [0.25, 0.3) is 0 Å². The molecule has 1 atom stereocenters. The van der Waals surface area contributed by atoms with Crippen molar-refractivity contribution in [1.29, 1.82) is 0 Å². The summed E-state index contributed by atoms with van der Waals surface area (Å²) in [6.45, 7) is 5.64. The fourth-order valence-electron chi connectivity index (χ4n) is 2.45. The van der Waals surface area contributed by atoms with E-state index in [0.29, 0.717) is 0 Å². The van der Waals surface area contributed by atoms with Crippen molar-refractivity contribution in [1.82, 2.24) is 10.3 Å². The quantitative estimate of drug-likeness (QED) is 0.568. The minimum absolute atomic E-state index is 0.104. The first-order chi connectivity index (χ1) is 12.9. The van der Waals surface area contributed by atoms with Crippen molar-refractivity contribution < 1.29 is 28.6 Å². The van der Waals surface area contributed by atoms with Gasteiger partial charge in [0.1, 0.15) is 6.04 Å². The van der Waals surface area contributed by atoms with Crippen LogP contribution >= 0.6 is 0 Å². The third kappa shape index (κ3) is 6.02. The number of benzene rings is 1. The van der Waals surface area contributed by atoms with E-state index in [0.717, 1.165) is 16.5 Å². The van der Waals surface area contributed by atoms with Gasteiger partial charge in [0.05, 0.1) is 13.2 Å². The van der Waals surface area contributed by atoms with Crippen molar-refractivity contribution in [2.24, 2.45) is 5.92 Å². The Bertz CT molecular complexity index is 798. The Morgan fingerprint density at radius 3 is 2.59 bits per heavy atom. The average molecular weight is 376 g/mol. The highest BCUT2D eigenvalue weighted by Gasteiger charge is 2.27. The van der Waals surface area contributed by atoms with E-state index in [1.165, 1.54) is 0 Å². The van der Waals surface area contributed by atoms with Crippen molar-refractivity contribution >= 4 is 29.1 Å². The first kappa shape index (κ1) is 20.3. The maximum absolute atomic E-state index is 12.4. The van der Waals surface area contributed by atoms with Gasteiger partial charge in [-0.2, -0.15) is 0 Å². The molecule has 146 valence electrons. The molecule has 0 saturated carbocycles. The summed E-state index contributed by atoms with van der Waals surface area (Å²) in [4.78, 5) is 39.0. The van der Waals surface area contributed by atoms with Gasteiger partial charge in [-0.05, 0) is 24.5 Å². The van der Waals surface area contributed by atoms with E-state index < -0.39 is 24.3 Å². The van der Waals surface area contributed by atoms with Crippen LogP contribution in [0.15, 0.2) is 30.5 Å². The van der Waals surface area contributed by atoms with Gasteiger partial charge < -0.3 is 24.5 Å². The molecule has 2 aromatic rings. The highest BCUT2D eigenvalue weighted by atomic mass is 16.7. The molecule has 1 aromatic heterocycles. The Morgan fingerprint density at radius 2 is 1.89 bits per heavy atom. The van der Waals surface area contributed by atoms with Crippen LogP contribution in [0.5, 0.6) is 0 Å². The average Bonchev–Trinajstić information content (AvgIpc) is 3.02. The fourth-order valence-corrected chi connectivity index (χ4v) is 2.45. The zero-order valence-electron chi connectivity index (χ0n) is 15.6. The van der Waals surface area contributed by atoms with E-state index in [1.807, 2.05) is 38.1 Å². The molecule has 0 unspecified atom stereocenters. The number of ether oxygens (including phenoxy) is 3. The molecule has 0 fully saturated rings. The van der Waals surface area contributed by atoms with Crippen LogP contribution in [-0.4, -0.2) is 42.5 Å². The van der Waals surface area contributed by atoms with Crippen molar-refractivity contribution in [3.8, 4) is 0 Å². The lowest BCUT2D eigenvalue weighted by molar-refractivity contribution is -0.142. The number of carbonyl (C=O) groups is 3. The van der Waals surface area contributed by atoms with E-state index >= 15 is 0 Å². The molecule has 27 heavy (non-hydrogen) atoms. The van der Waals surface area contributed by atoms with E-state index in [2.05, 4.69) is 10.3 Å². The highest BCUT2D eigenvalue weighted by molar-refractivity contribution is 5.89. The molecule has 2 rings (SSSR count). The maximum atomic E-state index is 12.4. The zero-order chi connectivity index (χ0) is 19.8. The second kappa shape index (κ2) is 9.61. The van der Waals surface area contributed by atoms with Crippen LogP contribution in [-0.2, 0) is 25.4 Å². The summed E-state index contributed by atoms with van der Waals surface area (Å²) in [5.74, 6) is -0.811. The van der Waals surface area contributed by atoms with E-state index in [9.17, 15) is 14.4 Å². The number of hydrogen-bond acceptors (Lipinski definition) is 6. The number of amides is 1. The SMILES string of the molecule is CCOC(=O)N[C@@H](Cc1c[nH]c2ccccc12)C(=O)OC(=O)OCC(C)C. The van der Waals surface area contributed by atoms with Gasteiger partial charge in [0, 0.05) is 23.5 Å². The molecule has 1 heterocycles. The Hall–Kier alpha value is -3.03. The lowest BCUT2D eigenvalue weighted by atomic mass is 10.1. The Labute approximate surface area is 157 Å². The van der Waals surface area contributed by atoms with Crippen LogP contribution in [0.3, 0.4) is 0 Å². The third-order valence-corrected chi connectivity index (χ3v) is 3.67. The standard InChI is InChI=1S/C19H24N2O6/c1-4-25-18(23)21-16(17(22)27-19(24)26-11-12(2)3)9-13-10-20-15-8-6-5-7-14(13)15/h5-8,10,12,16,20H,4,9,11H2,1-3H3,(H,21,23)/t16-/m0/s1. The predicted molar refractivity (Wildman–Crippen MR) is 98.2 cm³/mol. The molecular formula is C19H24N2O6. The molecule has 1 aromatic carbocycles. The molecule has 8 heteroatoms. The molecule has 8 nitrogen and oxygen atoms in total. The van der Waals surface area contributed by atoms with Gasteiger partial charge in [0.2, 0.25) is 0 Å². The Kier molecular flexibility index (Phi) is 7.22. The molecule has 2 N–H and O–H groups in total. The number of nitrogens with one attached hydrogen (secondary N) is 2. The van der Waals surface area contributed by atoms with Crippen LogP contribution in [0.1, 0.15) is 26.3 Å². The number of para-hydroxylation sites is 1. The van der Waals surface area contributed by atoms with Crippen LogP contribution in [0.25, 0.3) is 10.9 Å². The smallest absolute Gasteiger partial charge is 0.450 e. The number of rotatable bonds is 7. The maximum Gasteiger partial charge on any atom is 0.516 e. The number of aromatic amines is 1. The molecule has 0 radical (unpaired) electrons. The normalized spacial score (nSPS) is 11.9. The number of fused-ring (bicyclic) bond motifs is 1. The van der Waals surface area contributed by atoms with E-state index in [-0.39, 0.29) is 25.6 Å². The van der Waals surface area contributed by atoms with Gasteiger partial charge >= 0.3 is 18.2 Å². The van der Waals surface area contributed by atoms with Crippen LogP contribution in [0.2, 0.25) is 0 Å². The molecule has 0 bridgehead atoms. The van der Waals surface area contributed by atoms with Crippen molar-refractivity contribution in [3.63, 3.8) is 0 Å². The van der Waals surface area contributed by atoms with Crippen LogP contribution < -0.4 is 5.32 Å². The van der Waals surface area contributed by atoms with Crippen molar-refractivity contribution in [2.45, 2.75) is 33.2 Å². The van der Waals surface area contributed by atoms with E-state index in [1.54, 1.807) is 13.1 Å². The highest BCUT2D eigenvalue weighted by Crippen LogP contribution is 2.19. The van der Waals surface area contributed by atoms with E-state index in [4.69, 9.17) is 14.2 Å². The largest absolute Gasteiger partial charge is 0.516 e. The summed E-state index contributed by atoms with van der Waals surface area (Å²) in [7, 11) is 0. The molecule has 0 aliphatic heterocycles. The summed E-state index contributed by atoms with van der Waals surface area (Å²) in [5.41, 5.74) is 1.69. The second-order valence-electron chi connectivity index (χ2n) is 6.36. The van der Waals surface area contributed by atoms with Crippen LogP contribution in [0.4, 0.5) is 9.59 Å². The Balaban J connectivity index is 2.11. The number of carbonyl (C=O) groups excluding carboxylic acids is 3. The summed E-state index contributed by atoms with van der Waals surface area (Å²) in [6, 6.07) is 6.44. The van der Waals surface area contributed by atoms with Crippen molar-refractivity contribution in [3.05, 3.63) is 36.0 Å². The number of esters is 1. The fraction of sp³-hybridized carbons (Fsp3) is 0.421. The minimum Gasteiger partial charge on any atom is -0.450 e. The first-order valence-electron chi connectivity index (χ1n) is 8.77. The summed E-state index contributed by atoms with van der Waals surface area (Å²) < 4.78 is 14.4. The summed E-state index contributed by atoms with van der Waals surface area (Å²) >= 11 is 0. The van der Waals surface area contributed by atoms with Crippen molar-refractivity contribution in [2.75, 3.05) is 13.2 Å². The molecule has 1 amide bonds. The van der Waals surface area contributed by atoms with Crippen LogP contribution in [0, 0.1) is 5.92 Å². The monoisotopic (exact) mass is 376 g/mol. The second-order valence-corrected chi connectivity index (χ2v) is 6.36. The third-order valence-electron chi connectivity index (χ3n) is 3.67. The molecule has 0 saturated heterocycles. The van der Waals surface area contributed by atoms with Gasteiger partial charge in [-0.25, -0.2) is 14.4 Å². The first-order valence-corrected chi connectivity index (χ1v) is 8.77. The van der Waals surface area contributed by atoms with Gasteiger partial charge in [-0.1, -0.05) is 32.0 Å². The molecular weight excluding hydrogens is 352 g/mol. The number of H-pyrrole nitrogens is 1. The van der Waals surface area contributed by atoms with Gasteiger partial charge in [-0.3, -0.25) is 0 Å². The number of alkyl carbamates (subject to hydrolysis) is 1. The lowest BCUT2D eigenvalue weighted by Gasteiger charge is -2.16. The molecule has 0 aliphatic carbocycles. The number of hydrogen-bond donors (Lipinski definition) is 2. The van der Waals surface area contributed by atoms with Gasteiger partial charge in [0.15, 0.2) is 0 Å². The summed E-state index contributed by atoms with van der Waals surface area (Å²) in [6.07, 6.45) is 0.00619. The zero-order valence-corrected chi connectivity index (χ0v) is 15.6. The Morgan fingerprint density at radius 1 is 1.15 bits per heavy atom. The predicted octanol–water partition coefficient (Wildman–Crippen LogP) is 3.16.